The predicted molar refractivity (Wildman–Crippen MR) is 77.7 cm³/mol. The summed E-state index contributed by atoms with van der Waals surface area (Å²) in [7, 11) is 0. The summed E-state index contributed by atoms with van der Waals surface area (Å²) in [6.45, 7) is 4.33. The summed E-state index contributed by atoms with van der Waals surface area (Å²) in [6, 6.07) is 17.6. The van der Waals surface area contributed by atoms with Crippen molar-refractivity contribution in [2.75, 3.05) is 0 Å². The van der Waals surface area contributed by atoms with Crippen molar-refractivity contribution < 1.29 is 4.39 Å². The third-order valence-corrected chi connectivity index (χ3v) is 3.40. The van der Waals surface area contributed by atoms with Crippen LogP contribution < -0.4 is 0 Å². The van der Waals surface area contributed by atoms with E-state index in [1.54, 1.807) is 0 Å². The Balaban J connectivity index is 2.28. The number of para-hydroxylation sites is 1. The zero-order valence-corrected chi connectivity index (χ0v) is 11.1. The Bertz CT molecular complexity index is 708. The highest BCUT2D eigenvalue weighted by molar-refractivity contribution is 5.87. The minimum absolute atomic E-state index is 0.198. The lowest BCUT2D eigenvalue weighted by Gasteiger charge is -2.14. The molecular weight excluding hydrogens is 237 g/mol. The number of aromatic nitrogens is 1. The Morgan fingerprint density at radius 3 is 2.32 bits per heavy atom. The van der Waals surface area contributed by atoms with Gasteiger partial charge in [0.15, 0.2) is 0 Å². The van der Waals surface area contributed by atoms with E-state index in [0.29, 0.717) is 6.04 Å². The summed E-state index contributed by atoms with van der Waals surface area (Å²) >= 11 is 0. The normalized spacial score (nSPS) is 11.4. The fraction of sp³-hybridized carbons (Fsp3) is 0.176. The van der Waals surface area contributed by atoms with Gasteiger partial charge in [0.2, 0.25) is 0 Å². The molecule has 0 atom stereocenters. The highest BCUT2D eigenvalue weighted by atomic mass is 19.1. The molecule has 0 aliphatic rings. The van der Waals surface area contributed by atoms with Crippen LogP contribution in [0.15, 0.2) is 54.6 Å². The van der Waals surface area contributed by atoms with Crippen molar-refractivity contribution in [3.05, 3.63) is 60.4 Å². The third kappa shape index (κ3) is 2.03. The van der Waals surface area contributed by atoms with E-state index in [1.165, 1.54) is 23.0 Å². The van der Waals surface area contributed by atoms with Crippen LogP contribution in [0.5, 0.6) is 0 Å². The third-order valence-electron chi connectivity index (χ3n) is 3.40. The van der Waals surface area contributed by atoms with E-state index in [1.807, 2.05) is 18.2 Å². The van der Waals surface area contributed by atoms with E-state index < -0.39 is 0 Å². The largest absolute Gasteiger partial charge is 0.338 e. The van der Waals surface area contributed by atoms with Crippen LogP contribution in [0.2, 0.25) is 0 Å². The molecule has 3 aromatic rings. The van der Waals surface area contributed by atoms with Gasteiger partial charge in [-0.05, 0) is 55.8 Å². The van der Waals surface area contributed by atoms with Crippen LogP contribution in [0.4, 0.5) is 4.39 Å². The molecule has 0 radical (unpaired) electrons. The van der Waals surface area contributed by atoms with Gasteiger partial charge in [-0.25, -0.2) is 4.39 Å². The molecule has 3 rings (SSSR count). The van der Waals surface area contributed by atoms with E-state index in [2.05, 4.69) is 42.7 Å². The lowest BCUT2D eigenvalue weighted by atomic mass is 10.1. The predicted octanol–water partition coefficient (Wildman–Crippen LogP) is 5.03. The van der Waals surface area contributed by atoms with E-state index in [4.69, 9.17) is 0 Å². The highest BCUT2D eigenvalue weighted by Gasteiger charge is 2.12. The van der Waals surface area contributed by atoms with Crippen LogP contribution in [0.1, 0.15) is 19.9 Å². The maximum absolute atomic E-state index is 13.1. The lowest BCUT2D eigenvalue weighted by molar-refractivity contribution is 0.624. The molecule has 0 saturated heterocycles. The summed E-state index contributed by atoms with van der Waals surface area (Å²) in [5.41, 5.74) is 3.40. The monoisotopic (exact) mass is 253 g/mol. The number of halogens is 1. The zero-order chi connectivity index (χ0) is 13.4. The average Bonchev–Trinajstić information content (AvgIpc) is 2.78. The molecule has 19 heavy (non-hydrogen) atoms. The van der Waals surface area contributed by atoms with Gasteiger partial charge in [0.25, 0.3) is 0 Å². The van der Waals surface area contributed by atoms with Crippen LogP contribution >= 0.6 is 0 Å². The smallest absolute Gasteiger partial charge is 0.123 e. The molecule has 0 unspecified atom stereocenters. The second-order valence-corrected chi connectivity index (χ2v) is 5.06. The van der Waals surface area contributed by atoms with Crippen molar-refractivity contribution in [1.82, 2.24) is 4.57 Å². The SMILES string of the molecule is CC(C)n1c(-c2ccc(F)cc2)cc2ccccc21. The number of hydrogen-bond donors (Lipinski definition) is 0. The molecule has 2 heteroatoms. The van der Waals surface area contributed by atoms with E-state index in [0.717, 1.165) is 11.3 Å². The van der Waals surface area contributed by atoms with Crippen LogP contribution in [0.25, 0.3) is 22.2 Å². The number of fused-ring (bicyclic) bond motifs is 1. The number of nitrogens with zero attached hydrogens (tertiary/aromatic N) is 1. The first-order chi connectivity index (χ1) is 9.16. The maximum Gasteiger partial charge on any atom is 0.123 e. The Morgan fingerprint density at radius 2 is 1.63 bits per heavy atom. The molecule has 0 N–H and O–H groups in total. The lowest BCUT2D eigenvalue weighted by Crippen LogP contribution is -2.02. The van der Waals surface area contributed by atoms with Crippen LogP contribution in [0, 0.1) is 5.82 Å². The van der Waals surface area contributed by atoms with Crippen molar-refractivity contribution in [2.24, 2.45) is 0 Å². The molecular formula is C17H16FN. The zero-order valence-electron chi connectivity index (χ0n) is 11.1. The first kappa shape index (κ1) is 12.0. The second-order valence-electron chi connectivity index (χ2n) is 5.06. The Labute approximate surface area is 112 Å². The van der Waals surface area contributed by atoms with E-state index in [9.17, 15) is 4.39 Å². The van der Waals surface area contributed by atoms with Gasteiger partial charge in [-0.15, -0.1) is 0 Å². The van der Waals surface area contributed by atoms with Gasteiger partial charge in [-0.3, -0.25) is 0 Å². The van der Waals surface area contributed by atoms with E-state index in [-0.39, 0.29) is 5.82 Å². The average molecular weight is 253 g/mol. The fourth-order valence-corrected chi connectivity index (χ4v) is 2.57. The Morgan fingerprint density at radius 1 is 0.947 bits per heavy atom. The Kier molecular flexibility index (Phi) is 2.86. The van der Waals surface area contributed by atoms with Crippen molar-refractivity contribution in [1.29, 1.82) is 0 Å². The Hall–Kier alpha value is -2.09. The van der Waals surface area contributed by atoms with Gasteiger partial charge < -0.3 is 4.57 Å². The summed E-state index contributed by atoms with van der Waals surface area (Å²) in [5, 5.41) is 1.22. The number of hydrogen-bond acceptors (Lipinski definition) is 0. The van der Waals surface area contributed by atoms with E-state index >= 15 is 0 Å². The summed E-state index contributed by atoms with van der Waals surface area (Å²) < 4.78 is 15.4. The van der Waals surface area contributed by atoms with Crippen molar-refractivity contribution in [3.63, 3.8) is 0 Å². The first-order valence-electron chi connectivity index (χ1n) is 6.53. The van der Waals surface area contributed by atoms with Crippen LogP contribution in [0.3, 0.4) is 0 Å². The molecule has 0 amide bonds. The van der Waals surface area contributed by atoms with Crippen LogP contribution in [-0.2, 0) is 0 Å². The first-order valence-corrected chi connectivity index (χ1v) is 6.53. The number of rotatable bonds is 2. The van der Waals surface area contributed by atoms with Gasteiger partial charge in [0, 0.05) is 22.6 Å². The second kappa shape index (κ2) is 4.54. The molecule has 0 bridgehead atoms. The van der Waals surface area contributed by atoms with Gasteiger partial charge in [-0.1, -0.05) is 18.2 Å². The minimum atomic E-state index is -0.198. The van der Waals surface area contributed by atoms with Gasteiger partial charge in [-0.2, -0.15) is 0 Å². The molecule has 1 heterocycles. The fourth-order valence-electron chi connectivity index (χ4n) is 2.57. The van der Waals surface area contributed by atoms with Crippen molar-refractivity contribution >= 4 is 10.9 Å². The summed E-state index contributed by atoms with van der Waals surface area (Å²) in [4.78, 5) is 0. The topological polar surface area (TPSA) is 4.93 Å². The summed E-state index contributed by atoms with van der Waals surface area (Å²) in [6.07, 6.45) is 0. The van der Waals surface area contributed by atoms with Crippen molar-refractivity contribution in [2.45, 2.75) is 19.9 Å². The van der Waals surface area contributed by atoms with Gasteiger partial charge in [0.1, 0.15) is 5.82 Å². The molecule has 0 fully saturated rings. The van der Waals surface area contributed by atoms with Crippen LogP contribution in [-0.4, -0.2) is 4.57 Å². The number of benzene rings is 2. The quantitative estimate of drug-likeness (QED) is 0.603. The van der Waals surface area contributed by atoms with Gasteiger partial charge in [0.05, 0.1) is 0 Å². The molecule has 1 nitrogen and oxygen atoms in total. The maximum atomic E-state index is 13.1. The molecule has 0 spiro atoms. The molecule has 1 aromatic heterocycles. The highest BCUT2D eigenvalue weighted by Crippen LogP contribution is 2.31. The standard InChI is InChI=1S/C17H16FN/c1-12(2)19-16-6-4-3-5-14(16)11-17(19)13-7-9-15(18)10-8-13/h3-12H,1-2H3. The van der Waals surface area contributed by atoms with Crippen molar-refractivity contribution in [3.8, 4) is 11.3 Å². The molecule has 0 aliphatic carbocycles. The molecule has 0 saturated carbocycles. The molecule has 96 valence electrons. The molecule has 0 aliphatic heterocycles. The minimum Gasteiger partial charge on any atom is -0.338 e. The van der Waals surface area contributed by atoms with Gasteiger partial charge >= 0.3 is 0 Å². The molecule has 2 aromatic carbocycles. The summed E-state index contributed by atoms with van der Waals surface area (Å²) in [5.74, 6) is -0.198.